The Bertz CT molecular complexity index is 335. The molecule has 1 saturated heterocycles. The molecule has 3 rings (SSSR count). The van der Waals surface area contributed by atoms with Gasteiger partial charge in [0, 0.05) is 37.4 Å². The maximum atomic E-state index is 4.31. The van der Waals surface area contributed by atoms with E-state index in [4.69, 9.17) is 0 Å². The quantitative estimate of drug-likeness (QED) is 0.841. The van der Waals surface area contributed by atoms with E-state index in [0.29, 0.717) is 5.92 Å². The van der Waals surface area contributed by atoms with E-state index in [1.807, 2.05) is 6.33 Å². The molecule has 2 fully saturated rings. The molecule has 1 aliphatic carbocycles. The summed E-state index contributed by atoms with van der Waals surface area (Å²) in [5, 5.41) is 3.33. The molecule has 1 aliphatic heterocycles. The van der Waals surface area contributed by atoms with Gasteiger partial charge in [-0.2, -0.15) is 0 Å². The Morgan fingerprint density at radius 3 is 2.81 bits per heavy atom. The number of imidazole rings is 1. The molecular weight excluding hydrogens is 198 g/mol. The summed E-state index contributed by atoms with van der Waals surface area (Å²) in [5.41, 5.74) is 1.44. The first-order valence-corrected chi connectivity index (χ1v) is 6.64. The fourth-order valence-electron chi connectivity index (χ4n) is 2.98. The molecule has 0 amide bonds. The van der Waals surface area contributed by atoms with Crippen molar-refractivity contribution in [3.8, 4) is 0 Å². The first-order valence-electron chi connectivity index (χ1n) is 6.64. The molecule has 1 aromatic heterocycles. The first kappa shape index (κ1) is 10.3. The maximum absolute atomic E-state index is 4.31. The first-order chi connectivity index (χ1) is 7.93. The minimum atomic E-state index is 0.714. The molecule has 0 radical (unpaired) electrons. The van der Waals surface area contributed by atoms with Crippen molar-refractivity contribution < 1.29 is 0 Å². The Morgan fingerprint density at radius 2 is 2.12 bits per heavy atom. The molecule has 1 N–H and O–H groups in total. The summed E-state index contributed by atoms with van der Waals surface area (Å²) in [7, 11) is 0. The van der Waals surface area contributed by atoms with Crippen molar-refractivity contribution in [3.63, 3.8) is 0 Å². The van der Waals surface area contributed by atoms with Crippen LogP contribution in [0.25, 0.3) is 0 Å². The normalized spacial score (nSPS) is 22.5. The van der Waals surface area contributed by atoms with Crippen molar-refractivity contribution in [3.05, 3.63) is 18.2 Å². The standard InChI is InChI=1S/C13H21N3/c1-2-4-11(3-1)5-6-16-10-15-9-13(16)12-7-14-8-12/h9-12,14H,1-8H2. The Hall–Kier alpha value is -0.830. The molecule has 0 atom stereocenters. The van der Waals surface area contributed by atoms with Crippen LogP contribution in [0.3, 0.4) is 0 Å². The Kier molecular flexibility index (Phi) is 2.96. The SMILES string of the molecule is c1ncn(CCC2CCCC2)c1C1CNC1. The van der Waals surface area contributed by atoms with Gasteiger partial charge in [0.15, 0.2) is 0 Å². The number of nitrogens with zero attached hydrogens (tertiary/aromatic N) is 2. The molecule has 2 aliphatic rings. The number of aryl methyl sites for hydroxylation is 1. The summed E-state index contributed by atoms with van der Waals surface area (Å²) in [6.45, 7) is 3.45. The van der Waals surface area contributed by atoms with Crippen LogP contribution in [0, 0.1) is 5.92 Å². The third kappa shape index (κ3) is 2.01. The van der Waals surface area contributed by atoms with E-state index >= 15 is 0 Å². The highest BCUT2D eigenvalue weighted by Crippen LogP contribution is 2.28. The van der Waals surface area contributed by atoms with Crippen molar-refractivity contribution in [2.24, 2.45) is 5.92 Å². The largest absolute Gasteiger partial charge is 0.334 e. The van der Waals surface area contributed by atoms with Crippen LogP contribution in [0.5, 0.6) is 0 Å². The van der Waals surface area contributed by atoms with Gasteiger partial charge in [-0.1, -0.05) is 25.7 Å². The lowest BCUT2D eigenvalue weighted by Crippen LogP contribution is -2.40. The zero-order valence-corrected chi connectivity index (χ0v) is 9.86. The van der Waals surface area contributed by atoms with Crippen LogP contribution >= 0.6 is 0 Å². The van der Waals surface area contributed by atoms with E-state index in [-0.39, 0.29) is 0 Å². The van der Waals surface area contributed by atoms with Crippen LogP contribution in [0.2, 0.25) is 0 Å². The average Bonchev–Trinajstić information content (AvgIpc) is 2.82. The van der Waals surface area contributed by atoms with Crippen molar-refractivity contribution >= 4 is 0 Å². The lowest BCUT2D eigenvalue weighted by molar-refractivity contribution is 0.404. The molecule has 1 aromatic rings. The highest BCUT2D eigenvalue weighted by molar-refractivity contribution is 5.11. The topological polar surface area (TPSA) is 29.9 Å². The second-order valence-corrected chi connectivity index (χ2v) is 5.31. The lowest BCUT2D eigenvalue weighted by atomic mass is 9.99. The van der Waals surface area contributed by atoms with E-state index in [1.165, 1.54) is 44.3 Å². The van der Waals surface area contributed by atoms with Crippen molar-refractivity contribution in [2.75, 3.05) is 13.1 Å². The Labute approximate surface area is 97.3 Å². The molecule has 0 spiro atoms. The van der Waals surface area contributed by atoms with Gasteiger partial charge in [0.05, 0.1) is 6.33 Å². The van der Waals surface area contributed by atoms with Gasteiger partial charge in [0.25, 0.3) is 0 Å². The van der Waals surface area contributed by atoms with Crippen molar-refractivity contribution in [1.82, 2.24) is 14.9 Å². The average molecular weight is 219 g/mol. The van der Waals surface area contributed by atoms with Crippen LogP contribution in [-0.2, 0) is 6.54 Å². The van der Waals surface area contributed by atoms with Crippen molar-refractivity contribution in [1.29, 1.82) is 0 Å². The summed E-state index contributed by atoms with van der Waals surface area (Å²) in [6.07, 6.45) is 11.2. The molecule has 1 saturated carbocycles. The van der Waals surface area contributed by atoms with Crippen LogP contribution in [0.15, 0.2) is 12.5 Å². The Balaban J connectivity index is 1.58. The molecule has 0 unspecified atom stereocenters. The summed E-state index contributed by atoms with van der Waals surface area (Å²) in [6, 6.07) is 0. The van der Waals surface area contributed by atoms with Gasteiger partial charge in [-0.15, -0.1) is 0 Å². The van der Waals surface area contributed by atoms with Crippen LogP contribution in [0.1, 0.15) is 43.7 Å². The van der Waals surface area contributed by atoms with E-state index in [2.05, 4.69) is 21.1 Å². The summed E-state index contributed by atoms with van der Waals surface area (Å²) < 4.78 is 2.38. The predicted molar refractivity (Wildman–Crippen MR) is 64.4 cm³/mol. The smallest absolute Gasteiger partial charge is 0.0948 e. The van der Waals surface area contributed by atoms with Gasteiger partial charge in [0.1, 0.15) is 0 Å². The van der Waals surface area contributed by atoms with E-state index < -0.39 is 0 Å². The fourth-order valence-corrected chi connectivity index (χ4v) is 2.98. The lowest BCUT2D eigenvalue weighted by Gasteiger charge is -2.28. The number of aromatic nitrogens is 2. The van der Waals surface area contributed by atoms with Gasteiger partial charge < -0.3 is 9.88 Å². The van der Waals surface area contributed by atoms with Crippen LogP contribution in [0.4, 0.5) is 0 Å². The second kappa shape index (κ2) is 4.58. The van der Waals surface area contributed by atoms with Gasteiger partial charge >= 0.3 is 0 Å². The minimum absolute atomic E-state index is 0.714. The molecule has 0 bridgehead atoms. The van der Waals surface area contributed by atoms with Gasteiger partial charge in [0.2, 0.25) is 0 Å². The van der Waals surface area contributed by atoms with E-state index in [1.54, 1.807) is 0 Å². The van der Waals surface area contributed by atoms with E-state index in [0.717, 1.165) is 19.0 Å². The zero-order chi connectivity index (χ0) is 10.8. The Morgan fingerprint density at radius 1 is 1.31 bits per heavy atom. The van der Waals surface area contributed by atoms with E-state index in [9.17, 15) is 0 Å². The molecule has 0 aromatic carbocycles. The number of hydrogen-bond acceptors (Lipinski definition) is 2. The molecule has 3 nitrogen and oxygen atoms in total. The number of hydrogen-bond donors (Lipinski definition) is 1. The molecule has 88 valence electrons. The monoisotopic (exact) mass is 219 g/mol. The third-order valence-electron chi connectivity index (χ3n) is 4.20. The zero-order valence-electron chi connectivity index (χ0n) is 9.86. The second-order valence-electron chi connectivity index (χ2n) is 5.31. The van der Waals surface area contributed by atoms with Crippen LogP contribution in [-0.4, -0.2) is 22.6 Å². The summed E-state index contributed by atoms with van der Waals surface area (Å²) in [4.78, 5) is 4.31. The predicted octanol–water partition coefficient (Wildman–Crippen LogP) is 2.15. The number of rotatable bonds is 4. The fraction of sp³-hybridized carbons (Fsp3) is 0.769. The molecule has 16 heavy (non-hydrogen) atoms. The molecule has 2 heterocycles. The van der Waals surface area contributed by atoms with Crippen molar-refractivity contribution in [2.45, 2.75) is 44.6 Å². The highest BCUT2D eigenvalue weighted by Gasteiger charge is 2.22. The summed E-state index contributed by atoms with van der Waals surface area (Å²) in [5.74, 6) is 1.70. The maximum Gasteiger partial charge on any atom is 0.0948 e. The molecule has 3 heteroatoms. The summed E-state index contributed by atoms with van der Waals surface area (Å²) >= 11 is 0. The minimum Gasteiger partial charge on any atom is -0.334 e. The highest BCUT2D eigenvalue weighted by atomic mass is 15.1. The van der Waals surface area contributed by atoms with Gasteiger partial charge in [-0.3, -0.25) is 0 Å². The number of nitrogens with one attached hydrogen (secondary N) is 1. The third-order valence-corrected chi connectivity index (χ3v) is 4.20. The van der Waals surface area contributed by atoms with Crippen LogP contribution < -0.4 is 5.32 Å². The van der Waals surface area contributed by atoms with Gasteiger partial charge in [-0.25, -0.2) is 4.98 Å². The van der Waals surface area contributed by atoms with Gasteiger partial charge in [-0.05, 0) is 12.3 Å². The molecular formula is C13H21N3.